The number of nitrogens with zero attached hydrogens (tertiary/aromatic N) is 1. The van der Waals surface area contributed by atoms with Gasteiger partial charge in [0.15, 0.2) is 0 Å². The van der Waals surface area contributed by atoms with Crippen molar-refractivity contribution in [3.05, 3.63) is 52.2 Å². The SMILES string of the molecule is Cc1csc(CCNCc2coc3ccccc23)n1. The monoisotopic (exact) mass is 272 g/mol. The summed E-state index contributed by atoms with van der Waals surface area (Å²) in [4.78, 5) is 4.46. The highest BCUT2D eigenvalue weighted by Gasteiger charge is 2.04. The normalized spacial score (nSPS) is 11.2. The Morgan fingerprint density at radius 1 is 1.32 bits per heavy atom. The summed E-state index contributed by atoms with van der Waals surface area (Å²) >= 11 is 1.73. The highest BCUT2D eigenvalue weighted by atomic mass is 32.1. The minimum Gasteiger partial charge on any atom is -0.464 e. The molecule has 0 aliphatic rings. The molecule has 2 heterocycles. The fraction of sp³-hybridized carbons (Fsp3) is 0.267. The zero-order valence-corrected chi connectivity index (χ0v) is 11.7. The Kier molecular flexibility index (Phi) is 3.62. The van der Waals surface area contributed by atoms with Crippen LogP contribution in [0.2, 0.25) is 0 Å². The van der Waals surface area contributed by atoms with Crippen LogP contribution in [-0.4, -0.2) is 11.5 Å². The van der Waals surface area contributed by atoms with Crippen LogP contribution < -0.4 is 5.32 Å². The summed E-state index contributed by atoms with van der Waals surface area (Å²) in [7, 11) is 0. The van der Waals surface area contributed by atoms with Crippen LogP contribution in [0.1, 0.15) is 16.3 Å². The molecule has 0 unspecified atom stereocenters. The lowest BCUT2D eigenvalue weighted by Crippen LogP contribution is -2.16. The Morgan fingerprint density at radius 3 is 3.05 bits per heavy atom. The predicted octanol–water partition coefficient (Wildman–Crippen LogP) is 3.53. The molecule has 2 aromatic heterocycles. The lowest BCUT2D eigenvalue weighted by Gasteiger charge is -2.01. The predicted molar refractivity (Wildman–Crippen MR) is 78.5 cm³/mol. The lowest BCUT2D eigenvalue weighted by molar-refractivity contribution is 0.602. The zero-order valence-electron chi connectivity index (χ0n) is 10.8. The van der Waals surface area contributed by atoms with E-state index < -0.39 is 0 Å². The Balaban J connectivity index is 1.55. The lowest BCUT2D eigenvalue weighted by atomic mass is 10.2. The average molecular weight is 272 g/mol. The first-order chi connectivity index (χ1) is 9.33. The first kappa shape index (κ1) is 12.4. The Labute approximate surface area is 116 Å². The molecule has 0 aliphatic heterocycles. The molecule has 3 nitrogen and oxygen atoms in total. The molecule has 4 heteroatoms. The van der Waals surface area contributed by atoms with E-state index in [4.69, 9.17) is 4.42 Å². The Morgan fingerprint density at radius 2 is 2.21 bits per heavy atom. The maximum atomic E-state index is 5.52. The van der Waals surface area contributed by atoms with Gasteiger partial charge in [0.2, 0.25) is 0 Å². The fourth-order valence-electron chi connectivity index (χ4n) is 2.11. The second-order valence-electron chi connectivity index (χ2n) is 4.57. The third-order valence-corrected chi connectivity index (χ3v) is 4.09. The van der Waals surface area contributed by atoms with Gasteiger partial charge in [-0.1, -0.05) is 18.2 Å². The molecule has 3 rings (SSSR count). The largest absolute Gasteiger partial charge is 0.464 e. The van der Waals surface area contributed by atoms with Crippen LogP contribution in [0.5, 0.6) is 0 Å². The fourth-order valence-corrected chi connectivity index (χ4v) is 2.88. The van der Waals surface area contributed by atoms with E-state index in [9.17, 15) is 0 Å². The van der Waals surface area contributed by atoms with Crippen LogP contribution in [0.3, 0.4) is 0 Å². The van der Waals surface area contributed by atoms with Crippen molar-refractivity contribution in [2.45, 2.75) is 19.9 Å². The first-order valence-corrected chi connectivity index (χ1v) is 7.28. The van der Waals surface area contributed by atoms with Crippen LogP contribution in [0, 0.1) is 6.92 Å². The molecule has 1 N–H and O–H groups in total. The van der Waals surface area contributed by atoms with Crippen molar-refractivity contribution in [1.29, 1.82) is 0 Å². The molecular weight excluding hydrogens is 256 g/mol. The highest BCUT2D eigenvalue weighted by molar-refractivity contribution is 7.09. The van der Waals surface area contributed by atoms with Crippen molar-refractivity contribution in [2.75, 3.05) is 6.54 Å². The van der Waals surface area contributed by atoms with Gasteiger partial charge in [-0.05, 0) is 13.0 Å². The summed E-state index contributed by atoms with van der Waals surface area (Å²) in [6.07, 6.45) is 2.82. The van der Waals surface area contributed by atoms with Crippen molar-refractivity contribution in [1.82, 2.24) is 10.3 Å². The van der Waals surface area contributed by atoms with E-state index in [0.717, 1.165) is 30.8 Å². The third kappa shape index (κ3) is 2.85. The van der Waals surface area contributed by atoms with Gasteiger partial charge >= 0.3 is 0 Å². The Bertz CT molecular complexity index is 671. The number of hydrogen-bond donors (Lipinski definition) is 1. The maximum absolute atomic E-state index is 5.52. The van der Waals surface area contributed by atoms with Gasteiger partial charge in [0.25, 0.3) is 0 Å². The average Bonchev–Trinajstić information content (AvgIpc) is 3.02. The standard InChI is InChI=1S/C15H16N2OS/c1-11-10-19-15(17-11)6-7-16-8-12-9-18-14-5-3-2-4-13(12)14/h2-5,9-10,16H,6-8H2,1H3. The van der Waals surface area contributed by atoms with Gasteiger partial charge in [-0.2, -0.15) is 0 Å². The van der Waals surface area contributed by atoms with Crippen molar-refractivity contribution in [3.63, 3.8) is 0 Å². The van der Waals surface area contributed by atoms with E-state index in [2.05, 4.69) is 21.7 Å². The van der Waals surface area contributed by atoms with E-state index in [1.165, 1.54) is 16.0 Å². The second kappa shape index (κ2) is 5.55. The molecule has 0 radical (unpaired) electrons. The molecule has 98 valence electrons. The number of benzene rings is 1. The molecule has 19 heavy (non-hydrogen) atoms. The molecule has 0 bridgehead atoms. The van der Waals surface area contributed by atoms with Gasteiger partial charge in [-0.3, -0.25) is 0 Å². The number of hydrogen-bond acceptors (Lipinski definition) is 4. The highest BCUT2D eigenvalue weighted by Crippen LogP contribution is 2.20. The molecule has 1 aromatic carbocycles. The molecule has 3 aromatic rings. The van der Waals surface area contributed by atoms with E-state index in [1.54, 1.807) is 11.3 Å². The van der Waals surface area contributed by atoms with Crippen LogP contribution in [0.4, 0.5) is 0 Å². The van der Waals surface area contributed by atoms with Gasteiger partial charge in [0.05, 0.1) is 11.3 Å². The molecular formula is C15H16N2OS. The molecule has 0 atom stereocenters. The van der Waals surface area contributed by atoms with Gasteiger partial charge in [0, 0.05) is 41.5 Å². The summed E-state index contributed by atoms with van der Waals surface area (Å²) in [5.74, 6) is 0. The smallest absolute Gasteiger partial charge is 0.134 e. The van der Waals surface area contributed by atoms with Crippen molar-refractivity contribution >= 4 is 22.3 Å². The van der Waals surface area contributed by atoms with E-state index in [-0.39, 0.29) is 0 Å². The Hall–Kier alpha value is -1.65. The quantitative estimate of drug-likeness (QED) is 0.722. The number of thiazole rings is 1. The molecule has 0 fully saturated rings. The van der Waals surface area contributed by atoms with Crippen LogP contribution in [0.15, 0.2) is 40.3 Å². The van der Waals surface area contributed by atoms with Gasteiger partial charge in [0.1, 0.15) is 5.58 Å². The number of nitrogens with one attached hydrogen (secondary N) is 1. The molecule has 0 spiro atoms. The summed E-state index contributed by atoms with van der Waals surface area (Å²) in [5.41, 5.74) is 3.28. The number of rotatable bonds is 5. The summed E-state index contributed by atoms with van der Waals surface area (Å²) in [6, 6.07) is 8.13. The number of aromatic nitrogens is 1. The second-order valence-corrected chi connectivity index (χ2v) is 5.51. The van der Waals surface area contributed by atoms with E-state index in [1.807, 2.05) is 31.4 Å². The zero-order chi connectivity index (χ0) is 13.1. The number of fused-ring (bicyclic) bond motifs is 1. The minimum absolute atomic E-state index is 0.835. The number of aryl methyl sites for hydroxylation is 1. The maximum Gasteiger partial charge on any atom is 0.134 e. The van der Waals surface area contributed by atoms with E-state index in [0.29, 0.717) is 0 Å². The van der Waals surface area contributed by atoms with Gasteiger partial charge in [-0.15, -0.1) is 11.3 Å². The van der Waals surface area contributed by atoms with Crippen LogP contribution in [0.25, 0.3) is 11.0 Å². The molecule has 0 saturated carbocycles. The van der Waals surface area contributed by atoms with Gasteiger partial charge in [-0.25, -0.2) is 4.98 Å². The number of para-hydroxylation sites is 1. The van der Waals surface area contributed by atoms with Crippen LogP contribution in [-0.2, 0) is 13.0 Å². The van der Waals surface area contributed by atoms with E-state index >= 15 is 0 Å². The molecule has 0 saturated heterocycles. The van der Waals surface area contributed by atoms with Crippen molar-refractivity contribution < 1.29 is 4.42 Å². The summed E-state index contributed by atoms with van der Waals surface area (Å²) in [5, 5.41) is 7.93. The van der Waals surface area contributed by atoms with Crippen LogP contribution >= 0.6 is 11.3 Å². The van der Waals surface area contributed by atoms with Gasteiger partial charge < -0.3 is 9.73 Å². The summed E-state index contributed by atoms with van der Waals surface area (Å²) in [6.45, 7) is 3.80. The van der Waals surface area contributed by atoms with Crippen molar-refractivity contribution in [3.8, 4) is 0 Å². The minimum atomic E-state index is 0.835. The third-order valence-electron chi connectivity index (χ3n) is 3.06. The molecule has 0 aliphatic carbocycles. The summed E-state index contributed by atoms with van der Waals surface area (Å²) < 4.78 is 5.52. The topological polar surface area (TPSA) is 38.1 Å². The van der Waals surface area contributed by atoms with Crippen molar-refractivity contribution in [2.24, 2.45) is 0 Å². The number of furan rings is 1. The first-order valence-electron chi connectivity index (χ1n) is 6.40. The molecule has 0 amide bonds.